The van der Waals surface area contributed by atoms with Crippen molar-refractivity contribution in [3.8, 4) is 5.75 Å². The number of aromatic nitrogens is 1. The van der Waals surface area contributed by atoms with Gasteiger partial charge in [-0.1, -0.05) is 23.8 Å². The molecular weight excluding hydrogens is 354 g/mol. The van der Waals surface area contributed by atoms with E-state index in [1.54, 1.807) is 42.5 Å². The number of benzene rings is 2. The molecule has 134 valence electrons. The summed E-state index contributed by atoms with van der Waals surface area (Å²) < 4.78 is 32.7. The Morgan fingerprint density at radius 2 is 1.85 bits per heavy atom. The van der Waals surface area contributed by atoms with Crippen LogP contribution < -0.4 is 4.74 Å². The number of aliphatic carboxylic acids is 1. The maximum absolute atomic E-state index is 13.1. The lowest BCUT2D eigenvalue weighted by atomic mass is 10.1. The number of hydrogen-bond acceptors (Lipinski definition) is 4. The molecule has 0 aliphatic heterocycles. The molecule has 0 saturated carbocycles. The molecule has 1 aromatic heterocycles. The predicted octanol–water partition coefficient (Wildman–Crippen LogP) is 3.29. The van der Waals surface area contributed by atoms with Crippen LogP contribution in [0.1, 0.15) is 11.1 Å². The zero-order valence-corrected chi connectivity index (χ0v) is 15.0. The van der Waals surface area contributed by atoms with Crippen LogP contribution in [-0.4, -0.2) is 30.6 Å². The van der Waals surface area contributed by atoms with Gasteiger partial charge in [0.2, 0.25) is 0 Å². The second-order valence-electron chi connectivity index (χ2n) is 5.72. The monoisotopic (exact) mass is 371 g/mol. The van der Waals surface area contributed by atoms with Crippen LogP contribution in [0, 0.1) is 6.92 Å². The van der Waals surface area contributed by atoms with Crippen LogP contribution in [0.25, 0.3) is 17.0 Å². The first kappa shape index (κ1) is 17.8. The number of methoxy groups -OCH3 is 1. The topological polar surface area (TPSA) is 85.6 Å². The molecule has 0 fully saturated rings. The van der Waals surface area contributed by atoms with Crippen LogP contribution in [0.4, 0.5) is 0 Å². The lowest BCUT2D eigenvalue weighted by Gasteiger charge is -2.08. The number of fused-ring (bicyclic) bond motifs is 1. The summed E-state index contributed by atoms with van der Waals surface area (Å²) in [7, 11) is -2.37. The van der Waals surface area contributed by atoms with Gasteiger partial charge in [0.15, 0.2) is 0 Å². The Labute approximate surface area is 151 Å². The zero-order chi connectivity index (χ0) is 18.9. The van der Waals surface area contributed by atoms with E-state index in [1.165, 1.54) is 19.4 Å². The van der Waals surface area contributed by atoms with Crippen LogP contribution in [0.2, 0.25) is 0 Å². The molecule has 26 heavy (non-hydrogen) atoms. The molecule has 0 aliphatic carbocycles. The summed E-state index contributed by atoms with van der Waals surface area (Å²) in [6.07, 6.45) is 3.72. The van der Waals surface area contributed by atoms with Gasteiger partial charge in [0.25, 0.3) is 10.0 Å². The molecule has 7 heteroatoms. The van der Waals surface area contributed by atoms with Crippen LogP contribution in [-0.2, 0) is 14.8 Å². The van der Waals surface area contributed by atoms with Crippen LogP contribution >= 0.6 is 0 Å². The highest BCUT2D eigenvalue weighted by Crippen LogP contribution is 2.33. The van der Waals surface area contributed by atoms with Crippen LogP contribution in [0.15, 0.2) is 59.6 Å². The molecule has 2 aromatic carbocycles. The molecule has 3 rings (SSSR count). The highest BCUT2D eigenvalue weighted by atomic mass is 32.2. The molecule has 0 unspecified atom stereocenters. The van der Waals surface area contributed by atoms with Crippen molar-refractivity contribution in [3.05, 3.63) is 65.9 Å². The SMILES string of the molecule is COc1cccc2c1c(/C=C/C(=O)O)cn2S(=O)(=O)c1ccc(C)cc1. The van der Waals surface area contributed by atoms with Gasteiger partial charge in [0.1, 0.15) is 5.75 Å². The van der Waals surface area contributed by atoms with Gasteiger partial charge in [0.05, 0.1) is 22.9 Å². The van der Waals surface area contributed by atoms with E-state index in [-0.39, 0.29) is 4.90 Å². The van der Waals surface area contributed by atoms with Crippen molar-refractivity contribution < 1.29 is 23.1 Å². The van der Waals surface area contributed by atoms with Crippen LogP contribution in [0.3, 0.4) is 0 Å². The quantitative estimate of drug-likeness (QED) is 0.696. The Kier molecular flexibility index (Phi) is 4.56. The second-order valence-corrected chi connectivity index (χ2v) is 7.54. The van der Waals surface area contributed by atoms with E-state index in [1.807, 2.05) is 6.92 Å². The van der Waals surface area contributed by atoms with Gasteiger partial charge in [-0.2, -0.15) is 0 Å². The number of rotatable bonds is 5. The lowest BCUT2D eigenvalue weighted by Crippen LogP contribution is -2.11. The first-order valence-electron chi connectivity index (χ1n) is 7.76. The molecule has 0 spiro atoms. The van der Waals surface area contributed by atoms with E-state index >= 15 is 0 Å². The van der Waals surface area contributed by atoms with Crippen molar-refractivity contribution in [2.45, 2.75) is 11.8 Å². The van der Waals surface area contributed by atoms with Gasteiger partial charge in [-0.25, -0.2) is 17.2 Å². The average Bonchev–Trinajstić information content (AvgIpc) is 3.00. The first-order valence-corrected chi connectivity index (χ1v) is 9.20. The maximum Gasteiger partial charge on any atom is 0.328 e. The molecule has 3 aromatic rings. The largest absolute Gasteiger partial charge is 0.496 e. The Hall–Kier alpha value is -3.06. The average molecular weight is 371 g/mol. The lowest BCUT2D eigenvalue weighted by molar-refractivity contribution is -0.131. The smallest absolute Gasteiger partial charge is 0.328 e. The molecule has 0 aliphatic rings. The van der Waals surface area contributed by atoms with E-state index in [0.29, 0.717) is 22.2 Å². The minimum absolute atomic E-state index is 0.150. The van der Waals surface area contributed by atoms with Crippen LogP contribution in [0.5, 0.6) is 5.75 Å². The molecule has 0 bridgehead atoms. The van der Waals surface area contributed by atoms with Gasteiger partial charge < -0.3 is 9.84 Å². The zero-order valence-electron chi connectivity index (χ0n) is 14.2. The Morgan fingerprint density at radius 1 is 1.15 bits per heavy atom. The number of carbonyl (C=O) groups is 1. The van der Waals surface area contributed by atoms with Crippen molar-refractivity contribution in [2.75, 3.05) is 7.11 Å². The molecule has 1 N–H and O–H groups in total. The van der Waals surface area contributed by atoms with Crippen molar-refractivity contribution in [1.29, 1.82) is 0 Å². The Balaban J connectivity index is 2.30. The number of aryl methyl sites for hydroxylation is 1. The Morgan fingerprint density at radius 3 is 2.46 bits per heavy atom. The third kappa shape index (κ3) is 3.09. The summed E-state index contributed by atoms with van der Waals surface area (Å²) in [5, 5.41) is 9.43. The fourth-order valence-corrected chi connectivity index (χ4v) is 4.10. The van der Waals surface area contributed by atoms with Crippen molar-refractivity contribution >= 4 is 33.0 Å². The molecule has 0 radical (unpaired) electrons. The minimum Gasteiger partial charge on any atom is -0.496 e. The molecular formula is C19H17NO5S. The molecule has 6 nitrogen and oxygen atoms in total. The number of nitrogens with zero attached hydrogens (tertiary/aromatic N) is 1. The predicted molar refractivity (Wildman–Crippen MR) is 98.9 cm³/mol. The maximum atomic E-state index is 13.1. The van der Waals surface area contributed by atoms with E-state index in [9.17, 15) is 13.2 Å². The van der Waals surface area contributed by atoms with Gasteiger partial charge in [0, 0.05) is 17.8 Å². The van der Waals surface area contributed by atoms with Gasteiger partial charge >= 0.3 is 5.97 Å². The highest BCUT2D eigenvalue weighted by molar-refractivity contribution is 7.90. The summed E-state index contributed by atoms with van der Waals surface area (Å²) in [6.45, 7) is 1.88. The molecule has 1 heterocycles. The summed E-state index contributed by atoms with van der Waals surface area (Å²) in [4.78, 5) is 11.0. The van der Waals surface area contributed by atoms with Crippen molar-refractivity contribution in [2.24, 2.45) is 0 Å². The molecule has 0 atom stereocenters. The summed E-state index contributed by atoms with van der Waals surface area (Å²) >= 11 is 0. The number of carboxylic acid groups (broad SMARTS) is 1. The van der Waals surface area contributed by atoms with Gasteiger partial charge in [-0.3, -0.25) is 0 Å². The third-order valence-corrected chi connectivity index (χ3v) is 5.68. The second kappa shape index (κ2) is 6.68. The van der Waals surface area contributed by atoms with Gasteiger partial charge in [-0.05, 0) is 37.3 Å². The standard InChI is InChI=1S/C19H17NO5S/c1-13-6-9-15(10-7-13)26(23,24)20-12-14(8-11-18(21)22)19-16(20)4-3-5-17(19)25-2/h3-12H,1-2H3,(H,21,22)/b11-8+. The van der Waals surface area contributed by atoms with Gasteiger partial charge in [-0.15, -0.1) is 0 Å². The normalized spacial score (nSPS) is 11.9. The molecule has 0 amide bonds. The summed E-state index contributed by atoms with van der Waals surface area (Å²) in [6, 6.07) is 11.6. The van der Waals surface area contributed by atoms with E-state index in [0.717, 1.165) is 15.6 Å². The summed E-state index contributed by atoms with van der Waals surface area (Å²) in [5.74, 6) is -0.660. The van der Waals surface area contributed by atoms with Crippen molar-refractivity contribution in [3.63, 3.8) is 0 Å². The third-order valence-electron chi connectivity index (χ3n) is 3.99. The number of hydrogen-bond donors (Lipinski definition) is 1. The van der Waals surface area contributed by atoms with Crippen molar-refractivity contribution in [1.82, 2.24) is 3.97 Å². The highest BCUT2D eigenvalue weighted by Gasteiger charge is 2.22. The van der Waals surface area contributed by atoms with E-state index in [2.05, 4.69) is 0 Å². The Bertz CT molecular complexity index is 1110. The number of carboxylic acids is 1. The van der Waals surface area contributed by atoms with E-state index in [4.69, 9.17) is 9.84 Å². The fraction of sp³-hybridized carbons (Fsp3) is 0.105. The number of ether oxygens (including phenoxy) is 1. The molecule has 0 saturated heterocycles. The fourth-order valence-electron chi connectivity index (χ4n) is 2.73. The van der Waals surface area contributed by atoms with E-state index < -0.39 is 16.0 Å². The first-order chi connectivity index (χ1) is 12.3. The minimum atomic E-state index is -3.85. The summed E-state index contributed by atoms with van der Waals surface area (Å²) in [5.41, 5.74) is 1.80.